The number of esters is 2. The number of benzene rings is 2. The van der Waals surface area contributed by atoms with E-state index in [-0.39, 0.29) is 11.8 Å². The molecule has 0 aliphatic carbocycles. The van der Waals surface area contributed by atoms with Gasteiger partial charge in [0.05, 0.1) is 39.1 Å². The number of carbonyl (C=O) groups is 3. The van der Waals surface area contributed by atoms with Crippen molar-refractivity contribution in [1.82, 2.24) is 0 Å². The van der Waals surface area contributed by atoms with Crippen LogP contribution in [0.5, 0.6) is 17.2 Å². The summed E-state index contributed by atoms with van der Waals surface area (Å²) in [5.41, 5.74) is 2.48. The summed E-state index contributed by atoms with van der Waals surface area (Å²) < 4.78 is 33.8. The Morgan fingerprint density at radius 1 is 0.907 bits per heavy atom. The van der Waals surface area contributed by atoms with Crippen LogP contribution in [0.15, 0.2) is 36.4 Å². The van der Waals surface area contributed by atoms with Gasteiger partial charge in [0, 0.05) is 31.4 Å². The molecule has 0 saturated carbocycles. The summed E-state index contributed by atoms with van der Waals surface area (Å²) in [5, 5.41) is 0. The zero-order valence-electron chi connectivity index (χ0n) is 25.8. The first-order valence-electron chi connectivity index (χ1n) is 15.5. The Hall–Kier alpha value is -3.59. The van der Waals surface area contributed by atoms with Crippen LogP contribution in [-0.2, 0) is 36.6 Å². The second-order valence-corrected chi connectivity index (χ2v) is 10.4. The van der Waals surface area contributed by atoms with E-state index in [0.717, 1.165) is 49.0 Å². The monoisotopic (exact) mass is 598 g/mol. The third kappa shape index (κ3) is 10.9. The van der Waals surface area contributed by atoms with Crippen LogP contribution in [0.4, 0.5) is 0 Å². The van der Waals surface area contributed by atoms with Crippen LogP contribution in [0, 0.1) is 0 Å². The summed E-state index contributed by atoms with van der Waals surface area (Å²) in [5.74, 6) is 1.64. The first-order chi connectivity index (χ1) is 21.0. The van der Waals surface area contributed by atoms with Crippen molar-refractivity contribution < 1.29 is 42.8 Å². The highest BCUT2D eigenvalue weighted by molar-refractivity contribution is 6.00. The standard InChI is InChI=1S/C34H46O9/c1-4-13-27-30(18-17-26-28(35)19-23-43-33(26)27)41-20-10-6-11-21-42-31(34(37)38-3)24-25-14-7-8-15-29(25)40-22-12-9-16-32(36)39-5-2/h7-8,14-15,17-18,31H,4-6,9-13,16,19-24H2,1-3H3. The normalized spacial score (nSPS) is 13.0. The van der Waals surface area contributed by atoms with Crippen molar-refractivity contribution in [3.63, 3.8) is 0 Å². The molecule has 236 valence electrons. The Balaban J connectivity index is 1.42. The van der Waals surface area contributed by atoms with Crippen molar-refractivity contribution in [2.75, 3.05) is 40.1 Å². The lowest BCUT2D eigenvalue weighted by molar-refractivity contribution is -0.154. The molecule has 2 aromatic carbocycles. The molecule has 43 heavy (non-hydrogen) atoms. The number of ketones is 1. The van der Waals surface area contributed by atoms with E-state index in [1.165, 1.54) is 7.11 Å². The lowest BCUT2D eigenvalue weighted by Gasteiger charge is -2.22. The molecule has 2 aromatic rings. The maximum absolute atomic E-state index is 12.5. The Morgan fingerprint density at radius 3 is 2.42 bits per heavy atom. The van der Waals surface area contributed by atoms with Gasteiger partial charge in [-0.15, -0.1) is 0 Å². The second kappa shape index (κ2) is 18.8. The minimum absolute atomic E-state index is 0.120. The average molecular weight is 599 g/mol. The van der Waals surface area contributed by atoms with Gasteiger partial charge in [-0.1, -0.05) is 31.5 Å². The van der Waals surface area contributed by atoms with E-state index in [2.05, 4.69) is 6.92 Å². The van der Waals surface area contributed by atoms with E-state index < -0.39 is 12.1 Å². The average Bonchev–Trinajstić information content (AvgIpc) is 3.01. The molecule has 0 aromatic heterocycles. The predicted octanol–water partition coefficient (Wildman–Crippen LogP) is 6.07. The van der Waals surface area contributed by atoms with Crippen molar-refractivity contribution >= 4 is 17.7 Å². The SMILES string of the molecule is CCCc1c(OCCCCCOC(Cc2ccccc2OCCCCC(=O)OCC)C(=O)OC)ccc2c1OCCC2=O. The van der Waals surface area contributed by atoms with Crippen molar-refractivity contribution in [3.8, 4) is 17.2 Å². The fraction of sp³-hybridized carbons (Fsp3) is 0.559. The molecule has 0 fully saturated rings. The van der Waals surface area contributed by atoms with Crippen LogP contribution in [0.2, 0.25) is 0 Å². The smallest absolute Gasteiger partial charge is 0.335 e. The molecule has 9 heteroatoms. The Kier molecular flexibility index (Phi) is 14.9. The van der Waals surface area contributed by atoms with E-state index in [1.54, 1.807) is 6.92 Å². The topological polar surface area (TPSA) is 107 Å². The number of Topliss-reactive ketones (excluding diaryl/α,β-unsaturated/α-hetero) is 1. The maximum atomic E-state index is 12.5. The van der Waals surface area contributed by atoms with Gasteiger partial charge < -0.3 is 28.4 Å². The Morgan fingerprint density at radius 2 is 1.65 bits per heavy atom. The molecule has 1 aliphatic heterocycles. The first kappa shape index (κ1) is 33.9. The van der Waals surface area contributed by atoms with Crippen LogP contribution >= 0.6 is 0 Å². The number of hydrogen-bond donors (Lipinski definition) is 0. The summed E-state index contributed by atoms with van der Waals surface area (Å²) in [6, 6.07) is 11.3. The molecule has 0 spiro atoms. The van der Waals surface area contributed by atoms with Crippen LogP contribution in [0.1, 0.15) is 86.7 Å². The van der Waals surface area contributed by atoms with E-state index in [4.69, 9.17) is 28.4 Å². The highest BCUT2D eigenvalue weighted by Crippen LogP contribution is 2.36. The highest BCUT2D eigenvalue weighted by Gasteiger charge is 2.24. The molecule has 0 radical (unpaired) electrons. The molecule has 9 nitrogen and oxygen atoms in total. The molecule has 1 atom stereocenters. The minimum Gasteiger partial charge on any atom is -0.493 e. The van der Waals surface area contributed by atoms with Gasteiger partial charge in [0.25, 0.3) is 0 Å². The number of para-hydroxylation sites is 1. The van der Waals surface area contributed by atoms with Gasteiger partial charge in [-0.05, 0) is 69.2 Å². The van der Waals surface area contributed by atoms with Crippen molar-refractivity contribution in [1.29, 1.82) is 0 Å². The number of methoxy groups -OCH3 is 1. The fourth-order valence-electron chi connectivity index (χ4n) is 4.93. The Bertz CT molecular complexity index is 1180. The number of ether oxygens (including phenoxy) is 6. The second-order valence-electron chi connectivity index (χ2n) is 10.4. The Labute approximate surface area is 255 Å². The summed E-state index contributed by atoms with van der Waals surface area (Å²) in [4.78, 5) is 36.3. The van der Waals surface area contributed by atoms with Crippen molar-refractivity contribution in [2.45, 2.75) is 84.2 Å². The first-order valence-corrected chi connectivity index (χ1v) is 15.5. The van der Waals surface area contributed by atoms with Crippen molar-refractivity contribution in [3.05, 3.63) is 53.1 Å². The van der Waals surface area contributed by atoms with E-state index in [1.807, 2.05) is 36.4 Å². The predicted molar refractivity (Wildman–Crippen MR) is 162 cm³/mol. The van der Waals surface area contributed by atoms with Crippen LogP contribution in [0.25, 0.3) is 0 Å². The minimum atomic E-state index is -0.746. The lowest BCUT2D eigenvalue weighted by Crippen LogP contribution is -2.28. The van der Waals surface area contributed by atoms with Gasteiger partial charge >= 0.3 is 11.9 Å². The summed E-state index contributed by atoms with van der Waals surface area (Å²) in [7, 11) is 1.36. The maximum Gasteiger partial charge on any atom is 0.335 e. The zero-order valence-corrected chi connectivity index (χ0v) is 25.8. The molecule has 0 N–H and O–H groups in total. The third-order valence-electron chi connectivity index (χ3n) is 7.14. The third-order valence-corrected chi connectivity index (χ3v) is 7.14. The van der Waals surface area contributed by atoms with Gasteiger partial charge in [0.15, 0.2) is 11.9 Å². The molecule has 0 amide bonds. The van der Waals surface area contributed by atoms with Gasteiger partial charge in [-0.2, -0.15) is 0 Å². The van der Waals surface area contributed by atoms with E-state index >= 15 is 0 Å². The number of fused-ring (bicyclic) bond motifs is 1. The fourth-order valence-corrected chi connectivity index (χ4v) is 4.93. The molecule has 1 heterocycles. The summed E-state index contributed by atoms with van der Waals surface area (Å²) >= 11 is 0. The molecule has 3 rings (SSSR count). The molecular weight excluding hydrogens is 552 g/mol. The van der Waals surface area contributed by atoms with E-state index in [9.17, 15) is 14.4 Å². The van der Waals surface area contributed by atoms with Gasteiger partial charge in [0.1, 0.15) is 17.2 Å². The lowest BCUT2D eigenvalue weighted by atomic mass is 9.98. The zero-order chi connectivity index (χ0) is 30.9. The number of hydrogen-bond acceptors (Lipinski definition) is 9. The summed E-state index contributed by atoms with van der Waals surface area (Å²) in [6.07, 6.45) is 5.93. The summed E-state index contributed by atoms with van der Waals surface area (Å²) in [6.45, 7) is 6.09. The van der Waals surface area contributed by atoms with Crippen molar-refractivity contribution in [2.24, 2.45) is 0 Å². The molecular formula is C34H46O9. The molecule has 0 saturated heterocycles. The van der Waals surface area contributed by atoms with Gasteiger partial charge in [0.2, 0.25) is 0 Å². The molecule has 1 unspecified atom stereocenters. The van der Waals surface area contributed by atoms with E-state index in [0.29, 0.717) is 82.2 Å². The number of carbonyl (C=O) groups excluding carboxylic acids is 3. The van der Waals surface area contributed by atoms with Crippen LogP contribution in [-0.4, -0.2) is 64.0 Å². The van der Waals surface area contributed by atoms with Gasteiger partial charge in [-0.3, -0.25) is 9.59 Å². The largest absolute Gasteiger partial charge is 0.493 e. The molecule has 0 bridgehead atoms. The highest BCUT2D eigenvalue weighted by atomic mass is 16.6. The van der Waals surface area contributed by atoms with Gasteiger partial charge in [-0.25, -0.2) is 4.79 Å². The number of rotatable bonds is 20. The van der Waals surface area contributed by atoms with Crippen LogP contribution in [0.3, 0.4) is 0 Å². The number of unbranched alkanes of at least 4 members (excludes halogenated alkanes) is 3. The quantitative estimate of drug-likeness (QED) is 0.133. The molecule has 1 aliphatic rings. The van der Waals surface area contributed by atoms with Crippen LogP contribution < -0.4 is 14.2 Å².